The highest BCUT2D eigenvalue weighted by molar-refractivity contribution is 7.91. The number of nitrogens with zero attached hydrogens (tertiary/aromatic N) is 2. The quantitative estimate of drug-likeness (QED) is 0.781. The van der Waals surface area contributed by atoms with Crippen molar-refractivity contribution in [2.24, 2.45) is 7.05 Å². The summed E-state index contributed by atoms with van der Waals surface area (Å²) in [5, 5.41) is 5.92. The standard InChI is InChI=1S/C15H15N3O2S2/c1-18-14(7-8-16-18)13-9-15(21-11-13)22(19,20)17-10-12-5-3-2-4-6-12/h2-9,11,17H,10H2,1H3. The Balaban J connectivity index is 1.78. The SMILES string of the molecule is Cn1nccc1-c1csc(S(=O)(=O)NCc2ccccc2)c1. The zero-order valence-corrected chi connectivity index (χ0v) is 13.6. The van der Waals surface area contributed by atoms with Gasteiger partial charge in [0.2, 0.25) is 10.0 Å². The third-order valence-corrected chi connectivity index (χ3v) is 6.11. The van der Waals surface area contributed by atoms with Crippen LogP contribution in [0.2, 0.25) is 0 Å². The second kappa shape index (κ2) is 6.04. The number of nitrogens with one attached hydrogen (secondary N) is 1. The molecule has 2 heterocycles. The lowest BCUT2D eigenvalue weighted by Gasteiger charge is -2.04. The molecule has 0 spiro atoms. The lowest BCUT2D eigenvalue weighted by atomic mass is 10.2. The Morgan fingerprint density at radius 2 is 2.00 bits per heavy atom. The summed E-state index contributed by atoms with van der Waals surface area (Å²) in [5.41, 5.74) is 2.67. The monoisotopic (exact) mass is 333 g/mol. The average molecular weight is 333 g/mol. The molecule has 0 atom stereocenters. The maximum Gasteiger partial charge on any atom is 0.250 e. The Hall–Kier alpha value is -1.96. The molecule has 114 valence electrons. The summed E-state index contributed by atoms with van der Waals surface area (Å²) in [6.07, 6.45) is 1.69. The Morgan fingerprint density at radius 1 is 1.23 bits per heavy atom. The molecule has 0 saturated carbocycles. The molecular weight excluding hydrogens is 318 g/mol. The predicted molar refractivity (Wildman–Crippen MR) is 87.0 cm³/mol. The van der Waals surface area contributed by atoms with Crippen molar-refractivity contribution in [1.29, 1.82) is 0 Å². The van der Waals surface area contributed by atoms with E-state index in [2.05, 4.69) is 9.82 Å². The van der Waals surface area contributed by atoms with Gasteiger partial charge in [-0.15, -0.1) is 11.3 Å². The number of benzene rings is 1. The van der Waals surface area contributed by atoms with Gasteiger partial charge in [0.25, 0.3) is 0 Å². The summed E-state index contributed by atoms with van der Waals surface area (Å²) in [5.74, 6) is 0. The molecule has 0 fully saturated rings. The highest BCUT2D eigenvalue weighted by Crippen LogP contribution is 2.28. The molecule has 3 rings (SSSR count). The van der Waals surface area contributed by atoms with Crippen LogP contribution in [-0.2, 0) is 23.6 Å². The van der Waals surface area contributed by atoms with Crippen molar-refractivity contribution in [1.82, 2.24) is 14.5 Å². The van der Waals surface area contributed by atoms with Crippen LogP contribution in [0, 0.1) is 0 Å². The van der Waals surface area contributed by atoms with Crippen LogP contribution in [0.3, 0.4) is 0 Å². The fourth-order valence-electron chi connectivity index (χ4n) is 2.09. The second-order valence-electron chi connectivity index (χ2n) is 4.80. The molecular formula is C15H15N3O2S2. The molecule has 0 saturated heterocycles. The maximum atomic E-state index is 12.4. The van der Waals surface area contributed by atoms with Gasteiger partial charge >= 0.3 is 0 Å². The summed E-state index contributed by atoms with van der Waals surface area (Å²) in [7, 11) is -1.67. The summed E-state index contributed by atoms with van der Waals surface area (Å²) in [6, 6.07) is 13.0. The van der Waals surface area contributed by atoms with Gasteiger partial charge in [-0.3, -0.25) is 4.68 Å². The van der Waals surface area contributed by atoms with E-state index in [0.717, 1.165) is 16.8 Å². The lowest BCUT2D eigenvalue weighted by Crippen LogP contribution is -2.22. The zero-order valence-electron chi connectivity index (χ0n) is 11.9. The fourth-order valence-corrected chi connectivity index (χ4v) is 4.33. The van der Waals surface area contributed by atoms with Gasteiger partial charge in [-0.05, 0) is 17.7 Å². The minimum Gasteiger partial charge on any atom is -0.268 e. The van der Waals surface area contributed by atoms with Gasteiger partial charge in [0, 0.05) is 30.7 Å². The number of aryl methyl sites for hydroxylation is 1. The zero-order chi connectivity index (χ0) is 15.6. The fraction of sp³-hybridized carbons (Fsp3) is 0.133. The van der Waals surface area contributed by atoms with E-state index in [1.165, 1.54) is 11.3 Å². The molecule has 0 aliphatic heterocycles. The molecule has 7 heteroatoms. The summed E-state index contributed by atoms with van der Waals surface area (Å²) >= 11 is 1.21. The molecule has 0 aliphatic carbocycles. The van der Waals surface area contributed by atoms with Gasteiger partial charge in [-0.2, -0.15) is 5.10 Å². The minimum atomic E-state index is -3.50. The summed E-state index contributed by atoms with van der Waals surface area (Å²) < 4.78 is 29.3. The minimum absolute atomic E-state index is 0.280. The number of aromatic nitrogens is 2. The Labute approximate surface area is 133 Å². The molecule has 22 heavy (non-hydrogen) atoms. The molecule has 0 radical (unpaired) electrons. The van der Waals surface area contributed by atoms with E-state index in [1.54, 1.807) is 16.9 Å². The van der Waals surface area contributed by atoms with E-state index in [4.69, 9.17) is 0 Å². The molecule has 2 aromatic heterocycles. The van der Waals surface area contributed by atoms with Crippen LogP contribution in [0.25, 0.3) is 11.3 Å². The molecule has 5 nitrogen and oxygen atoms in total. The van der Waals surface area contributed by atoms with Crippen LogP contribution in [0.5, 0.6) is 0 Å². The number of thiophene rings is 1. The van der Waals surface area contributed by atoms with Crippen molar-refractivity contribution < 1.29 is 8.42 Å². The smallest absolute Gasteiger partial charge is 0.250 e. The van der Waals surface area contributed by atoms with Crippen molar-refractivity contribution >= 4 is 21.4 Å². The first-order valence-corrected chi connectivity index (χ1v) is 9.03. The van der Waals surface area contributed by atoms with Crippen LogP contribution in [0.1, 0.15) is 5.56 Å². The summed E-state index contributed by atoms with van der Waals surface area (Å²) in [4.78, 5) is 0. The van der Waals surface area contributed by atoms with Crippen molar-refractivity contribution in [3.63, 3.8) is 0 Å². The van der Waals surface area contributed by atoms with Gasteiger partial charge in [0.05, 0.1) is 5.69 Å². The van der Waals surface area contributed by atoms with Crippen LogP contribution in [0.4, 0.5) is 0 Å². The second-order valence-corrected chi connectivity index (χ2v) is 7.71. The Kier molecular flexibility index (Phi) is 4.10. The van der Waals surface area contributed by atoms with E-state index >= 15 is 0 Å². The van der Waals surface area contributed by atoms with E-state index in [1.807, 2.05) is 48.8 Å². The van der Waals surface area contributed by atoms with E-state index in [-0.39, 0.29) is 6.54 Å². The molecule has 0 aliphatic rings. The van der Waals surface area contributed by atoms with E-state index < -0.39 is 10.0 Å². The average Bonchev–Trinajstić information content (AvgIpc) is 3.15. The number of rotatable bonds is 5. The predicted octanol–water partition coefficient (Wildman–Crippen LogP) is 2.63. The normalized spacial score (nSPS) is 11.7. The summed E-state index contributed by atoms with van der Waals surface area (Å²) in [6.45, 7) is 0.280. The first-order valence-electron chi connectivity index (χ1n) is 6.67. The molecule has 3 aromatic rings. The molecule has 1 aromatic carbocycles. The van der Waals surface area contributed by atoms with Gasteiger partial charge < -0.3 is 0 Å². The van der Waals surface area contributed by atoms with Crippen LogP contribution in [0.15, 0.2) is 58.3 Å². The molecule has 1 N–H and O–H groups in total. The largest absolute Gasteiger partial charge is 0.268 e. The van der Waals surface area contributed by atoms with Crippen molar-refractivity contribution in [3.05, 3.63) is 59.6 Å². The number of hydrogen-bond acceptors (Lipinski definition) is 4. The molecule has 0 amide bonds. The lowest BCUT2D eigenvalue weighted by molar-refractivity contribution is 0.583. The van der Waals surface area contributed by atoms with E-state index in [9.17, 15) is 8.42 Å². The molecule has 0 unspecified atom stereocenters. The topological polar surface area (TPSA) is 64.0 Å². The Bertz CT molecular complexity index is 867. The first-order chi connectivity index (χ1) is 10.6. The van der Waals surface area contributed by atoms with Crippen molar-refractivity contribution in [3.8, 4) is 11.3 Å². The Morgan fingerprint density at radius 3 is 2.68 bits per heavy atom. The van der Waals surface area contributed by atoms with Crippen LogP contribution >= 0.6 is 11.3 Å². The third kappa shape index (κ3) is 3.11. The number of hydrogen-bond donors (Lipinski definition) is 1. The van der Waals surface area contributed by atoms with Gasteiger partial charge in [0.15, 0.2) is 0 Å². The van der Waals surface area contributed by atoms with Crippen LogP contribution in [-0.4, -0.2) is 18.2 Å². The van der Waals surface area contributed by atoms with Crippen molar-refractivity contribution in [2.75, 3.05) is 0 Å². The van der Waals surface area contributed by atoms with Gasteiger partial charge in [-0.1, -0.05) is 30.3 Å². The highest BCUT2D eigenvalue weighted by Gasteiger charge is 2.17. The van der Waals surface area contributed by atoms with E-state index in [0.29, 0.717) is 4.21 Å². The van der Waals surface area contributed by atoms with Gasteiger partial charge in [-0.25, -0.2) is 13.1 Å². The first kappa shape index (κ1) is 15.0. The number of sulfonamides is 1. The van der Waals surface area contributed by atoms with Gasteiger partial charge in [0.1, 0.15) is 4.21 Å². The molecule has 0 bridgehead atoms. The third-order valence-electron chi connectivity index (χ3n) is 3.27. The highest BCUT2D eigenvalue weighted by atomic mass is 32.2. The van der Waals surface area contributed by atoms with Crippen LogP contribution < -0.4 is 4.72 Å². The maximum absolute atomic E-state index is 12.4. The van der Waals surface area contributed by atoms with Crippen molar-refractivity contribution in [2.45, 2.75) is 10.8 Å².